The maximum Gasteiger partial charge on any atom is 0.227 e. The number of hydrogen-bond donors (Lipinski definition) is 3. The lowest BCUT2D eigenvalue weighted by atomic mass is 9.85. The van der Waals surface area contributed by atoms with Gasteiger partial charge in [0.25, 0.3) is 0 Å². The van der Waals surface area contributed by atoms with Crippen LogP contribution in [0.25, 0.3) is 0 Å². The van der Waals surface area contributed by atoms with E-state index in [-0.39, 0.29) is 35.8 Å². The highest BCUT2D eigenvalue weighted by Crippen LogP contribution is 2.27. The van der Waals surface area contributed by atoms with Gasteiger partial charge in [0, 0.05) is 31.2 Å². The first-order valence-electron chi connectivity index (χ1n) is 8.86. The molecule has 0 saturated heterocycles. The highest BCUT2D eigenvalue weighted by molar-refractivity contribution is 14.0. The summed E-state index contributed by atoms with van der Waals surface area (Å²) in [6, 6.07) is 8.33. The van der Waals surface area contributed by atoms with Crippen LogP contribution in [0.3, 0.4) is 0 Å². The van der Waals surface area contributed by atoms with Gasteiger partial charge >= 0.3 is 0 Å². The first kappa shape index (κ1) is 21.7. The minimum Gasteiger partial charge on any atom is -0.354 e. The Kier molecular flexibility index (Phi) is 9.24. The van der Waals surface area contributed by atoms with Crippen molar-refractivity contribution in [2.75, 3.05) is 12.4 Å². The highest BCUT2D eigenvalue weighted by atomic mass is 127. The third-order valence-corrected chi connectivity index (χ3v) is 4.72. The van der Waals surface area contributed by atoms with E-state index in [1.54, 1.807) is 7.05 Å². The molecule has 3 N–H and O–H groups in total. The second-order valence-corrected chi connectivity index (χ2v) is 6.92. The van der Waals surface area contributed by atoms with Crippen LogP contribution in [0.5, 0.6) is 0 Å². The lowest BCUT2D eigenvalue weighted by Gasteiger charge is -2.24. The number of carbonyl (C=O) groups excluding carboxylic acids is 1. The average Bonchev–Trinajstić information content (AvgIpc) is 2.49. The molecule has 1 aromatic carbocycles. The molecule has 6 heteroatoms. The number of hydrogen-bond acceptors (Lipinski definition) is 2. The molecule has 0 aliphatic heterocycles. The molecular formula is C19H31IN4O. The molecule has 1 atom stereocenters. The van der Waals surface area contributed by atoms with E-state index in [0.717, 1.165) is 30.1 Å². The number of guanidine groups is 1. The minimum absolute atomic E-state index is 0. The van der Waals surface area contributed by atoms with Crippen LogP contribution in [0.2, 0.25) is 0 Å². The van der Waals surface area contributed by atoms with Crippen molar-refractivity contribution < 1.29 is 4.79 Å². The van der Waals surface area contributed by atoms with E-state index in [1.165, 1.54) is 6.42 Å². The molecule has 1 fully saturated rings. The Labute approximate surface area is 168 Å². The summed E-state index contributed by atoms with van der Waals surface area (Å²) in [5.74, 6) is 1.68. The van der Waals surface area contributed by atoms with Gasteiger partial charge in [0.2, 0.25) is 5.91 Å². The topological polar surface area (TPSA) is 65.5 Å². The van der Waals surface area contributed by atoms with E-state index < -0.39 is 0 Å². The molecule has 1 saturated carbocycles. The Balaban J connectivity index is 0.00000312. The zero-order chi connectivity index (χ0) is 17.5. The Morgan fingerprint density at radius 3 is 2.56 bits per heavy atom. The van der Waals surface area contributed by atoms with Crippen molar-refractivity contribution in [1.82, 2.24) is 10.6 Å². The maximum atomic E-state index is 12.0. The third kappa shape index (κ3) is 6.84. The summed E-state index contributed by atoms with van der Waals surface area (Å²) in [7, 11) is 1.78. The van der Waals surface area contributed by atoms with Crippen LogP contribution >= 0.6 is 24.0 Å². The molecule has 1 aliphatic rings. The molecule has 0 aromatic heterocycles. The fourth-order valence-electron chi connectivity index (χ4n) is 2.44. The number of halogens is 1. The van der Waals surface area contributed by atoms with E-state index in [9.17, 15) is 4.79 Å². The van der Waals surface area contributed by atoms with Crippen LogP contribution in [-0.4, -0.2) is 25.0 Å². The number of carbonyl (C=O) groups is 1. The van der Waals surface area contributed by atoms with Crippen molar-refractivity contribution in [1.29, 1.82) is 0 Å². The summed E-state index contributed by atoms with van der Waals surface area (Å²) >= 11 is 0. The molecule has 1 aliphatic carbocycles. The lowest BCUT2D eigenvalue weighted by Crippen LogP contribution is -2.43. The van der Waals surface area contributed by atoms with Crippen LogP contribution < -0.4 is 16.0 Å². The molecule has 0 heterocycles. The van der Waals surface area contributed by atoms with E-state index in [0.29, 0.717) is 18.5 Å². The van der Waals surface area contributed by atoms with E-state index in [2.05, 4.69) is 41.7 Å². The molecule has 1 unspecified atom stereocenters. The molecule has 1 amide bonds. The highest BCUT2D eigenvalue weighted by Gasteiger charge is 2.25. The van der Waals surface area contributed by atoms with Gasteiger partial charge in [-0.15, -0.1) is 24.0 Å². The van der Waals surface area contributed by atoms with Crippen LogP contribution in [0.4, 0.5) is 5.69 Å². The number of aliphatic imine (C=N–C) groups is 1. The fourth-order valence-corrected chi connectivity index (χ4v) is 2.44. The van der Waals surface area contributed by atoms with E-state index >= 15 is 0 Å². The average molecular weight is 458 g/mol. The molecular weight excluding hydrogens is 427 g/mol. The number of rotatable bonds is 6. The minimum atomic E-state index is 0. The van der Waals surface area contributed by atoms with Crippen LogP contribution in [0.15, 0.2) is 29.3 Å². The standard InChI is InChI=1S/C19H30N4O.HI/c1-13(2)14(3)22-19(20-4)21-12-15-7-5-10-17(11-15)23-18(24)16-8-6-9-16;/h5,7,10-11,13-14,16H,6,8-9,12H2,1-4H3,(H,23,24)(H2,20,21,22);1H. The third-order valence-electron chi connectivity index (χ3n) is 4.72. The van der Waals surface area contributed by atoms with Gasteiger partial charge < -0.3 is 16.0 Å². The largest absolute Gasteiger partial charge is 0.354 e. The summed E-state index contributed by atoms with van der Waals surface area (Å²) in [6.45, 7) is 7.17. The summed E-state index contributed by atoms with van der Waals surface area (Å²) in [5, 5.41) is 9.73. The monoisotopic (exact) mass is 458 g/mol. The van der Waals surface area contributed by atoms with Crippen molar-refractivity contribution in [2.45, 2.75) is 52.6 Å². The van der Waals surface area contributed by atoms with Gasteiger partial charge in [-0.2, -0.15) is 0 Å². The van der Waals surface area contributed by atoms with E-state index in [1.807, 2.05) is 24.3 Å². The van der Waals surface area contributed by atoms with Crippen molar-refractivity contribution in [3.63, 3.8) is 0 Å². The first-order chi connectivity index (χ1) is 11.5. The Morgan fingerprint density at radius 2 is 2.00 bits per heavy atom. The summed E-state index contributed by atoms with van der Waals surface area (Å²) in [6.07, 6.45) is 3.20. The first-order valence-corrected chi connectivity index (χ1v) is 8.86. The van der Waals surface area contributed by atoms with Crippen molar-refractivity contribution >= 4 is 41.5 Å². The molecule has 0 bridgehead atoms. The number of anilines is 1. The predicted molar refractivity (Wildman–Crippen MR) is 115 cm³/mol. The number of nitrogens with one attached hydrogen (secondary N) is 3. The molecule has 0 spiro atoms. The van der Waals surface area contributed by atoms with Gasteiger partial charge in [-0.1, -0.05) is 32.4 Å². The SMILES string of the molecule is CN=C(NCc1cccc(NC(=O)C2CCC2)c1)NC(C)C(C)C.I. The predicted octanol–water partition coefficient (Wildman–Crippen LogP) is 3.75. The van der Waals surface area contributed by atoms with Gasteiger partial charge in [0.15, 0.2) is 5.96 Å². The zero-order valence-corrected chi connectivity index (χ0v) is 18.0. The van der Waals surface area contributed by atoms with Gasteiger partial charge in [-0.3, -0.25) is 9.79 Å². The van der Waals surface area contributed by atoms with Crippen LogP contribution in [0, 0.1) is 11.8 Å². The molecule has 2 rings (SSSR count). The fraction of sp³-hybridized carbons (Fsp3) is 0.579. The second-order valence-electron chi connectivity index (χ2n) is 6.92. The van der Waals surface area contributed by atoms with Gasteiger partial charge in [0.05, 0.1) is 0 Å². The second kappa shape index (κ2) is 10.6. The molecule has 1 aromatic rings. The summed E-state index contributed by atoms with van der Waals surface area (Å²) in [5.41, 5.74) is 1.98. The quantitative estimate of drug-likeness (QED) is 0.346. The lowest BCUT2D eigenvalue weighted by molar-refractivity contribution is -0.122. The van der Waals surface area contributed by atoms with Crippen LogP contribution in [-0.2, 0) is 11.3 Å². The maximum absolute atomic E-state index is 12.0. The Morgan fingerprint density at radius 1 is 1.28 bits per heavy atom. The normalized spacial score (nSPS) is 15.8. The van der Waals surface area contributed by atoms with E-state index in [4.69, 9.17) is 0 Å². The smallest absolute Gasteiger partial charge is 0.227 e. The van der Waals surface area contributed by atoms with Gasteiger partial charge in [-0.05, 0) is 43.4 Å². The van der Waals surface area contributed by atoms with Crippen molar-refractivity contribution in [3.8, 4) is 0 Å². The van der Waals surface area contributed by atoms with Gasteiger partial charge in [0.1, 0.15) is 0 Å². The summed E-state index contributed by atoms with van der Waals surface area (Å²) in [4.78, 5) is 16.3. The Hall–Kier alpha value is -1.31. The number of amides is 1. The van der Waals surface area contributed by atoms with Crippen molar-refractivity contribution in [3.05, 3.63) is 29.8 Å². The summed E-state index contributed by atoms with van der Waals surface area (Å²) < 4.78 is 0. The van der Waals surface area contributed by atoms with Crippen LogP contribution in [0.1, 0.15) is 45.6 Å². The number of benzene rings is 1. The molecule has 25 heavy (non-hydrogen) atoms. The molecule has 0 radical (unpaired) electrons. The van der Waals surface area contributed by atoms with Crippen molar-refractivity contribution in [2.24, 2.45) is 16.8 Å². The zero-order valence-electron chi connectivity index (χ0n) is 15.6. The Bertz CT molecular complexity index is 585. The van der Waals surface area contributed by atoms with Gasteiger partial charge in [-0.25, -0.2) is 0 Å². The molecule has 140 valence electrons. The molecule has 5 nitrogen and oxygen atoms in total. The number of nitrogens with zero attached hydrogens (tertiary/aromatic N) is 1.